The standard InChI is InChI=1S/C26H31N5O3/c1-5-8-31-16-21(19(4)30-31)15-27-26(29-25(32)20-12-17(2)11-18(3)13-20)28-22-6-7-23-24(14-22)34-10-9-33-23/h6-7,11-14,16H,5,8-10,15H2,1-4H3,(H2,27,28,29,32). The van der Waals surface area contributed by atoms with Crippen molar-refractivity contribution in [2.45, 2.75) is 47.2 Å². The van der Waals surface area contributed by atoms with Gasteiger partial charge in [0.1, 0.15) is 13.2 Å². The topological polar surface area (TPSA) is 89.8 Å². The number of carbonyl (C=O) groups is 1. The first-order valence-corrected chi connectivity index (χ1v) is 11.5. The van der Waals surface area contributed by atoms with Gasteiger partial charge >= 0.3 is 0 Å². The lowest BCUT2D eigenvalue weighted by molar-refractivity contribution is 0.0976. The van der Waals surface area contributed by atoms with Crippen LogP contribution in [0.25, 0.3) is 0 Å². The third-order valence-electron chi connectivity index (χ3n) is 5.43. The average Bonchev–Trinajstić information content (AvgIpc) is 3.16. The number of aliphatic imine (C=N–C) groups is 1. The number of amides is 1. The molecule has 34 heavy (non-hydrogen) atoms. The van der Waals surface area contributed by atoms with Crippen molar-refractivity contribution in [3.8, 4) is 11.5 Å². The van der Waals surface area contributed by atoms with E-state index in [0.717, 1.165) is 41.0 Å². The minimum absolute atomic E-state index is 0.228. The molecule has 1 aliphatic heterocycles. The molecule has 8 heteroatoms. The molecular weight excluding hydrogens is 430 g/mol. The molecule has 0 saturated heterocycles. The summed E-state index contributed by atoms with van der Waals surface area (Å²) >= 11 is 0. The zero-order chi connectivity index (χ0) is 24.1. The van der Waals surface area contributed by atoms with Crippen molar-refractivity contribution in [2.24, 2.45) is 4.99 Å². The van der Waals surface area contributed by atoms with Crippen molar-refractivity contribution in [1.29, 1.82) is 0 Å². The van der Waals surface area contributed by atoms with Gasteiger partial charge in [0, 0.05) is 35.6 Å². The molecule has 0 bridgehead atoms. The summed E-state index contributed by atoms with van der Waals surface area (Å²) in [5, 5.41) is 10.7. The average molecular weight is 462 g/mol. The van der Waals surface area contributed by atoms with Crippen LogP contribution < -0.4 is 20.1 Å². The van der Waals surface area contributed by atoms with E-state index < -0.39 is 0 Å². The number of guanidine groups is 1. The van der Waals surface area contributed by atoms with Crippen LogP contribution in [0.15, 0.2) is 47.6 Å². The lowest BCUT2D eigenvalue weighted by atomic mass is 10.1. The summed E-state index contributed by atoms with van der Waals surface area (Å²) in [5.74, 6) is 1.49. The largest absolute Gasteiger partial charge is 0.486 e. The predicted octanol–water partition coefficient (Wildman–Crippen LogP) is 4.39. The van der Waals surface area contributed by atoms with Crippen LogP contribution in [0.1, 0.15) is 46.1 Å². The Morgan fingerprint density at radius 3 is 2.53 bits per heavy atom. The van der Waals surface area contributed by atoms with E-state index in [4.69, 9.17) is 14.5 Å². The summed E-state index contributed by atoms with van der Waals surface area (Å²) in [7, 11) is 0. The second kappa shape index (κ2) is 10.4. The summed E-state index contributed by atoms with van der Waals surface area (Å²) < 4.78 is 13.2. The van der Waals surface area contributed by atoms with Gasteiger partial charge in [-0.15, -0.1) is 0 Å². The molecule has 1 aromatic heterocycles. The number of nitrogens with zero attached hydrogens (tertiary/aromatic N) is 3. The van der Waals surface area contributed by atoms with Gasteiger partial charge in [-0.05, 0) is 51.5 Å². The van der Waals surface area contributed by atoms with E-state index in [2.05, 4.69) is 22.7 Å². The lowest BCUT2D eigenvalue weighted by Gasteiger charge is -2.19. The van der Waals surface area contributed by atoms with Crippen molar-refractivity contribution in [3.63, 3.8) is 0 Å². The van der Waals surface area contributed by atoms with E-state index >= 15 is 0 Å². The maximum absolute atomic E-state index is 13.1. The fraction of sp³-hybridized carbons (Fsp3) is 0.346. The number of nitrogens with one attached hydrogen (secondary N) is 2. The number of fused-ring (bicyclic) bond motifs is 1. The maximum Gasteiger partial charge on any atom is 0.257 e. The molecule has 2 N–H and O–H groups in total. The van der Waals surface area contributed by atoms with E-state index in [-0.39, 0.29) is 5.91 Å². The van der Waals surface area contributed by atoms with Crippen molar-refractivity contribution in [3.05, 3.63) is 70.5 Å². The highest BCUT2D eigenvalue weighted by Gasteiger charge is 2.15. The molecular formula is C26H31N5O3. The highest BCUT2D eigenvalue weighted by Crippen LogP contribution is 2.32. The Morgan fingerprint density at radius 2 is 1.79 bits per heavy atom. The number of ether oxygens (including phenoxy) is 2. The van der Waals surface area contributed by atoms with Crippen LogP contribution in [0.5, 0.6) is 11.5 Å². The van der Waals surface area contributed by atoms with Crippen LogP contribution in [-0.4, -0.2) is 34.9 Å². The molecule has 2 aromatic carbocycles. The van der Waals surface area contributed by atoms with E-state index in [1.54, 1.807) is 0 Å². The minimum atomic E-state index is -0.228. The second-order valence-electron chi connectivity index (χ2n) is 8.48. The molecule has 3 aromatic rings. The Balaban J connectivity index is 1.58. The van der Waals surface area contributed by atoms with Crippen LogP contribution in [-0.2, 0) is 13.1 Å². The number of aryl methyl sites for hydroxylation is 4. The molecule has 0 radical (unpaired) electrons. The zero-order valence-corrected chi connectivity index (χ0v) is 20.1. The quantitative estimate of drug-likeness (QED) is 0.420. The fourth-order valence-electron chi connectivity index (χ4n) is 3.88. The molecule has 0 saturated carbocycles. The lowest BCUT2D eigenvalue weighted by Crippen LogP contribution is -2.36. The van der Waals surface area contributed by atoms with Gasteiger partial charge in [0.05, 0.1) is 12.2 Å². The Kier molecular flexibility index (Phi) is 7.15. The maximum atomic E-state index is 13.1. The van der Waals surface area contributed by atoms with Crippen molar-refractivity contribution in [1.82, 2.24) is 15.1 Å². The van der Waals surface area contributed by atoms with E-state index in [1.807, 2.05) is 68.0 Å². The number of aromatic nitrogens is 2. The molecule has 0 fully saturated rings. The van der Waals surface area contributed by atoms with Crippen LogP contribution in [0.4, 0.5) is 5.69 Å². The van der Waals surface area contributed by atoms with Crippen molar-refractivity contribution < 1.29 is 14.3 Å². The molecule has 0 aliphatic carbocycles. The van der Waals surface area contributed by atoms with Gasteiger partial charge in [-0.1, -0.05) is 24.1 Å². The molecule has 8 nitrogen and oxygen atoms in total. The third kappa shape index (κ3) is 5.75. The highest BCUT2D eigenvalue weighted by molar-refractivity contribution is 6.10. The van der Waals surface area contributed by atoms with Crippen molar-refractivity contribution >= 4 is 17.6 Å². The van der Waals surface area contributed by atoms with Gasteiger partial charge < -0.3 is 14.8 Å². The van der Waals surface area contributed by atoms with Gasteiger partial charge in [0.25, 0.3) is 5.91 Å². The summed E-state index contributed by atoms with van der Waals surface area (Å²) in [6, 6.07) is 11.3. The number of benzene rings is 2. The smallest absolute Gasteiger partial charge is 0.257 e. The minimum Gasteiger partial charge on any atom is -0.486 e. The monoisotopic (exact) mass is 461 g/mol. The number of rotatable bonds is 6. The van der Waals surface area contributed by atoms with E-state index in [9.17, 15) is 4.79 Å². The van der Waals surface area contributed by atoms with Crippen LogP contribution in [0, 0.1) is 20.8 Å². The summed E-state index contributed by atoms with van der Waals surface area (Å²) in [6.07, 6.45) is 3.02. The van der Waals surface area contributed by atoms with Crippen LogP contribution >= 0.6 is 0 Å². The van der Waals surface area contributed by atoms with Crippen LogP contribution in [0.2, 0.25) is 0 Å². The first-order chi connectivity index (χ1) is 16.4. The molecule has 4 rings (SSSR count). The zero-order valence-electron chi connectivity index (χ0n) is 20.1. The number of hydrogen-bond acceptors (Lipinski definition) is 5. The van der Waals surface area contributed by atoms with Gasteiger partial charge in [-0.3, -0.25) is 14.8 Å². The Labute approximate surface area is 200 Å². The normalized spacial score (nSPS) is 13.0. The molecule has 0 spiro atoms. The summed E-state index contributed by atoms with van der Waals surface area (Å²) in [4.78, 5) is 17.8. The van der Waals surface area contributed by atoms with Crippen molar-refractivity contribution in [2.75, 3.05) is 18.5 Å². The first-order valence-electron chi connectivity index (χ1n) is 11.5. The number of hydrogen-bond donors (Lipinski definition) is 2. The van der Waals surface area contributed by atoms with E-state index in [0.29, 0.717) is 42.8 Å². The number of anilines is 1. The molecule has 178 valence electrons. The Bertz CT molecular complexity index is 1190. The molecule has 1 amide bonds. The number of carbonyl (C=O) groups excluding carboxylic acids is 1. The van der Waals surface area contributed by atoms with Gasteiger partial charge in [0.2, 0.25) is 5.96 Å². The second-order valence-corrected chi connectivity index (χ2v) is 8.48. The highest BCUT2D eigenvalue weighted by atomic mass is 16.6. The van der Waals surface area contributed by atoms with Gasteiger partial charge in [0.15, 0.2) is 11.5 Å². The SMILES string of the molecule is CCCn1cc(CN=C(NC(=O)c2cc(C)cc(C)c2)Nc2ccc3c(c2)OCCO3)c(C)n1. The summed E-state index contributed by atoms with van der Waals surface area (Å²) in [6.45, 7) is 10.3. The molecule has 0 atom stereocenters. The summed E-state index contributed by atoms with van der Waals surface area (Å²) in [5.41, 5.74) is 5.32. The molecule has 0 unspecified atom stereocenters. The predicted molar refractivity (Wildman–Crippen MR) is 133 cm³/mol. The van der Waals surface area contributed by atoms with Gasteiger partial charge in [-0.25, -0.2) is 4.99 Å². The molecule has 2 heterocycles. The Hall–Kier alpha value is -3.81. The van der Waals surface area contributed by atoms with E-state index in [1.165, 1.54) is 0 Å². The Morgan fingerprint density at radius 1 is 1.06 bits per heavy atom. The first kappa shape index (κ1) is 23.4. The third-order valence-corrected chi connectivity index (χ3v) is 5.43. The molecule has 1 aliphatic rings. The van der Waals surface area contributed by atoms with Crippen LogP contribution in [0.3, 0.4) is 0 Å². The van der Waals surface area contributed by atoms with Gasteiger partial charge in [-0.2, -0.15) is 5.10 Å². The fourth-order valence-corrected chi connectivity index (χ4v) is 3.88.